The Morgan fingerprint density at radius 1 is 0.966 bits per heavy atom. The van der Waals surface area contributed by atoms with E-state index in [0.717, 1.165) is 42.2 Å². The molecule has 0 atom stereocenters. The minimum Gasteiger partial charge on any atom is -0.497 e. The summed E-state index contributed by atoms with van der Waals surface area (Å²) in [6, 6.07) is 11.9. The molecule has 3 aromatic rings. The fraction of sp³-hybridized carbons (Fsp3) is 0.250. The van der Waals surface area contributed by atoms with Crippen LogP contribution in [0.25, 0.3) is 0 Å². The van der Waals surface area contributed by atoms with Gasteiger partial charge in [-0.25, -0.2) is 15.0 Å². The number of hydrogen-bond donors (Lipinski definition) is 2. The van der Waals surface area contributed by atoms with E-state index in [2.05, 4.69) is 58.1 Å². The van der Waals surface area contributed by atoms with Crippen LogP contribution in [0.1, 0.15) is 0 Å². The Morgan fingerprint density at radius 3 is 2.34 bits per heavy atom. The molecule has 3 heterocycles. The van der Waals surface area contributed by atoms with E-state index in [1.54, 1.807) is 13.3 Å². The standard InChI is InChI=1S/C20H22BrN7O/c1-29-16-5-3-15(4-6-16)27-8-10-28(11-9-27)20-18(22)19(24-13-25-20)26-17-7-2-14(21)12-23-17/h2-7,12-13H,8-11,22H2,1H3,(H,23,24,25,26). The zero-order chi connectivity index (χ0) is 20.2. The van der Waals surface area contributed by atoms with Crippen molar-refractivity contribution in [1.29, 1.82) is 0 Å². The number of anilines is 5. The quantitative estimate of drug-likeness (QED) is 0.605. The average Bonchev–Trinajstić information content (AvgIpc) is 2.77. The zero-order valence-corrected chi connectivity index (χ0v) is 17.6. The van der Waals surface area contributed by atoms with Crippen molar-refractivity contribution < 1.29 is 4.74 Å². The molecular formula is C20H22BrN7O. The van der Waals surface area contributed by atoms with E-state index >= 15 is 0 Å². The van der Waals surface area contributed by atoms with Gasteiger partial charge in [0, 0.05) is 42.5 Å². The molecule has 0 bridgehead atoms. The first kappa shape index (κ1) is 19.3. The number of pyridine rings is 1. The van der Waals surface area contributed by atoms with Gasteiger partial charge in [-0.2, -0.15) is 0 Å². The SMILES string of the molecule is COc1ccc(N2CCN(c3ncnc(Nc4ccc(Br)cn4)c3N)CC2)cc1. The summed E-state index contributed by atoms with van der Waals surface area (Å²) in [5.74, 6) is 2.84. The maximum atomic E-state index is 6.38. The van der Waals surface area contributed by atoms with Crippen molar-refractivity contribution in [1.82, 2.24) is 15.0 Å². The number of piperazine rings is 1. The summed E-state index contributed by atoms with van der Waals surface area (Å²) in [6.45, 7) is 3.41. The third-order valence-corrected chi connectivity index (χ3v) is 5.32. The van der Waals surface area contributed by atoms with E-state index in [1.807, 2.05) is 24.3 Å². The van der Waals surface area contributed by atoms with Gasteiger partial charge >= 0.3 is 0 Å². The molecule has 9 heteroatoms. The molecule has 2 aromatic heterocycles. The first-order chi connectivity index (χ1) is 14.1. The highest BCUT2D eigenvalue weighted by atomic mass is 79.9. The van der Waals surface area contributed by atoms with Gasteiger partial charge in [-0.15, -0.1) is 0 Å². The number of nitrogen functional groups attached to an aromatic ring is 1. The van der Waals surface area contributed by atoms with Gasteiger partial charge in [-0.1, -0.05) is 0 Å². The van der Waals surface area contributed by atoms with Gasteiger partial charge in [0.2, 0.25) is 0 Å². The van der Waals surface area contributed by atoms with Gasteiger partial charge in [-0.3, -0.25) is 0 Å². The summed E-state index contributed by atoms with van der Waals surface area (Å²) in [4.78, 5) is 17.6. The molecule has 4 rings (SSSR count). The molecule has 0 unspecified atom stereocenters. The number of benzene rings is 1. The van der Waals surface area contributed by atoms with Crippen LogP contribution in [0.3, 0.4) is 0 Å². The van der Waals surface area contributed by atoms with E-state index in [1.165, 1.54) is 12.0 Å². The number of ether oxygens (including phenoxy) is 1. The Morgan fingerprint density at radius 2 is 1.69 bits per heavy atom. The second-order valence-electron chi connectivity index (χ2n) is 6.62. The lowest BCUT2D eigenvalue weighted by atomic mass is 10.2. The molecule has 1 aromatic carbocycles. The molecule has 1 fully saturated rings. The van der Waals surface area contributed by atoms with Crippen molar-refractivity contribution in [2.75, 3.05) is 54.1 Å². The molecule has 1 saturated heterocycles. The van der Waals surface area contributed by atoms with E-state index in [0.29, 0.717) is 17.3 Å². The van der Waals surface area contributed by atoms with Gasteiger partial charge < -0.3 is 25.6 Å². The van der Waals surface area contributed by atoms with Crippen LogP contribution < -0.4 is 25.6 Å². The lowest BCUT2D eigenvalue weighted by molar-refractivity contribution is 0.415. The Bertz CT molecular complexity index is 958. The predicted octanol–water partition coefficient (Wildman–Crippen LogP) is 3.30. The van der Waals surface area contributed by atoms with Crippen LogP contribution in [-0.4, -0.2) is 48.2 Å². The number of rotatable bonds is 5. The Kier molecular flexibility index (Phi) is 5.66. The highest BCUT2D eigenvalue weighted by Crippen LogP contribution is 2.29. The van der Waals surface area contributed by atoms with Crippen molar-refractivity contribution in [3.8, 4) is 5.75 Å². The van der Waals surface area contributed by atoms with Crippen molar-refractivity contribution in [3.05, 3.63) is 53.4 Å². The van der Waals surface area contributed by atoms with Crippen LogP contribution in [0, 0.1) is 0 Å². The maximum absolute atomic E-state index is 6.38. The number of nitrogens with one attached hydrogen (secondary N) is 1. The molecule has 1 aliphatic rings. The Labute approximate surface area is 177 Å². The third-order valence-electron chi connectivity index (χ3n) is 4.85. The maximum Gasteiger partial charge on any atom is 0.160 e. The highest BCUT2D eigenvalue weighted by Gasteiger charge is 2.21. The summed E-state index contributed by atoms with van der Waals surface area (Å²) < 4.78 is 6.15. The molecule has 150 valence electrons. The summed E-state index contributed by atoms with van der Waals surface area (Å²) in [5, 5.41) is 3.17. The van der Waals surface area contributed by atoms with Crippen molar-refractivity contribution >= 4 is 44.8 Å². The topological polar surface area (TPSA) is 92.4 Å². The second-order valence-corrected chi connectivity index (χ2v) is 7.53. The van der Waals surface area contributed by atoms with Crippen molar-refractivity contribution in [2.45, 2.75) is 0 Å². The number of halogens is 1. The van der Waals surface area contributed by atoms with Gasteiger partial charge in [0.25, 0.3) is 0 Å². The normalized spacial score (nSPS) is 14.0. The third kappa shape index (κ3) is 4.34. The minimum absolute atomic E-state index is 0.523. The molecule has 0 radical (unpaired) electrons. The lowest BCUT2D eigenvalue weighted by Crippen LogP contribution is -2.47. The number of nitrogens with two attached hydrogens (primary N) is 1. The molecule has 0 aliphatic carbocycles. The minimum atomic E-state index is 0.523. The molecule has 0 amide bonds. The fourth-order valence-electron chi connectivity index (χ4n) is 3.28. The summed E-state index contributed by atoms with van der Waals surface area (Å²) in [7, 11) is 1.68. The molecule has 29 heavy (non-hydrogen) atoms. The zero-order valence-electron chi connectivity index (χ0n) is 16.0. The number of aromatic nitrogens is 3. The first-order valence-electron chi connectivity index (χ1n) is 9.27. The van der Waals surface area contributed by atoms with E-state index in [4.69, 9.17) is 10.5 Å². The highest BCUT2D eigenvalue weighted by molar-refractivity contribution is 9.10. The molecular weight excluding hydrogens is 434 g/mol. The largest absolute Gasteiger partial charge is 0.497 e. The second kappa shape index (κ2) is 8.52. The average molecular weight is 456 g/mol. The Balaban J connectivity index is 1.44. The van der Waals surface area contributed by atoms with Crippen LogP contribution in [0.2, 0.25) is 0 Å². The van der Waals surface area contributed by atoms with Gasteiger partial charge in [0.1, 0.15) is 23.6 Å². The van der Waals surface area contributed by atoms with Crippen LogP contribution in [0.4, 0.5) is 28.8 Å². The van der Waals surface area contributed by atoms with Gasteiger partial charge in [-0.05, 0) is 52.3 Å². The monoisotopic (exact) mass is 455 g/mol. The van der Waals surface area contributed by atoms with Crippen molar-refractivity contribution in [3.63, 3.8) is 0 Å². The number of methoxy groups -OCH3 is 1. The van der Waals surface area contributed by atoms with E-state index < -0.39 is 0 Å². The van der Waals surface area contributed by atoms with Gasteiger partial charge in [0.05, 0.1) is 7.11 Å². The first-order valence-corrected chi connectivity index (χ1v) is 10.1. The Hall–Kier alpha value is -3.07. The summed E-state index contributed by atoms with van der Waals surface area (Å²) >= 11 is 3.38. The van der Waals surface area contributed by atoms with Crippen LogP contribution >= 0.6 is 15.9 Å². The molecule has 0 saturated carbocycles. The van der Waals surface area contributed by atoms with Gasteiger partial charge in [0.15, 0.2) is 11.6 Å². The summed E-state index contributed by atoms with van der Waals surface area (Å²) in [5.41, 5.74) is 8.08. The molecule has 8 nitrogen and oxygen atoms in total. The lowest BCUT2D eigenvalue weighted by Gasteiger charge is -2.37. The van der Waals surface area contributed by atoms with Crippen LogP contribution in [-0.2, 0) is 0 Å². The fourth-order valence-corrected chi connectivity index (χ4v) is 3.51. The number of hydrogen-bond acceptors (Lipinski definition) is 8. The predicted molar refractivity (Wildman–Crippen MR) is 119 cm³/mol. The van der Waals surface area contributed by atoms with Crippen molar-refractivity contribution in [2.24, 2.45) is 0 Å². The number of nitrogens with zero attached hydrogens (tertiary/aromatic N) is 5. The van der Waals surface area contributed by atoms with Crippen LogP contribution in [0.15, 0.2) is 53.4 Å². The molecule has 3 N–H and O–H groups in total. The smallest absolute Gasteiger partial charge is 0.160 e. The summed E-state index contributed by atoms with van der Waals surface area (Å²) in [6.07, 6.45) is 3.25. The molecule has 1 aliphatic heterocycles. The van der Waals surface area contributed by atoms with Crippen LogP contribution in [0.5, 0.6) is 5.75 Å². The molecule has 0 spiro atoms. The van der Waals surface area contributed by atoms with E-state index in [-0.39, 0.29) is 0 Å². The van der Waals surface area contributed by atoms with E-state index in [9.17, 15) is 0 Å².